The molecular weight excluding hydrogens is 376 g/mol. The van der Waals surface area contributed by atoms with Crippen LogP contribution in [0.2, 0.25) is 5.02 Å². The SMILES string of the molecule is CN(c1cnn(-c2ccc(F)cc2F)c(=O)c1Cl)[C@@H]1[C@H]2CCO[C@H]2C1(C)C. The average molecular weight is 396 g/mol. The molecule has 1 aliphatic carbocycles. The van der Waals surface area contributed by atoms with Crippen LogP contribution in [-0.4, -0.2) is 35.6 Å². The fourth-order valence-corrected chi connectivity index (χ4v) is 4.99. The van der Waals surface area contributed by atoms with Crippen LogP contribution in [0.25, 0.3) is 5.69 Å². The van der Waals surface area contributed by atoms with E-state index in [1.807, 2.05) is 11.9 Å². The van der Waals surface area contributed by atoms with Gasteiger partial charge in [0.1, 0.15) is 16.5 Å². The van der Waals surface area contributed by atoms with E-state index >= 15 is 0 Å². The molecule has 1 saturated heterocycles. The summed E-state index contributed by atoms with van der Waals surface area (Å²) in [5.74, 6) is -1.24. The van der Waals surface area contributed by atoms with Crippen molar-refractivity contribution in [1.29, 1.82) is 0 Å². The summed E-state index contributed by atoms with van der Waals surface area (Å²) in [6.45, 7) is 5.01. The van der Waals surface area contributed by atoms with Crippen LogP contribution in [0.5, 0.6) is 0 Å². The number of hydrogen-bond donors (Lipinski definition) is 0. The van der Waals surface area contributed by atoms with E-state index in [0.29, 0.717) is 17.7 Å². The van der Waals surface area contributed by atoms with E-state index in [2.05, 4.69) is 18.9 Å². The molecule has 2 aromatic rings. The minimum atomic E-state index is -0.882. The quantitative estimate of drug-likeness (QED) is 0.799. The summed E-state index contributed by atoms with van der Waals surface area (Å²) in [6.07, 6.45) is 2.61. The summed E-state index contributed by atoms with van der Waals surface area (Å²) in [6, 6.07) is 3.09. The van der Waals surface area contributed by atoms with E-state index < -0.39 is 17.2 Å². The molecule has 2 heterocycles. The second kappa shape index (κ2) is 6.27. The third-order valence-electron chi connectivity index (χ3n) is 5.87. The molecule has 144 valence electrons. The van der Waals surface area contributed by atoms with E-state index in [9.17, 15) is 13.6 Å². The van der Waals surface area contributed by atoms with Crippen molar-refractivity contribution in [3.63, 3.8) is 0 Å². The van der Waals surface area contributed by atoms with Gasteiger partial charge in [0.05, 0.1) is 18.0 Å². The number of anilines is 1. The smallest absolute Gasteiger partial charge is 0.292 e. The number of fused-ring (bicyclic) bond motifs is 1. The van der Waals surface area contributed by atoms with Gasteiger partial charge in [-0.05, 0) is 18.6 Å². The lowest BCUT2D eigenvalue weighted by Crippen LogP contribution is -2.66. The van der Waals surface area contributed by atoms with Crippen LogP contribution in [-0.2, 0) is 4.74 Å². The lowest BCUT2D eigenvalue weighted by atomic mass is 9.56. The van der Waals surface area contributed by atoms with Crippen molar-refractivity contribution in [2.24, 2.45) is 11.3 Å². The molecule has 0 spiro atoms. The van der Waals surface area contributed by atoms with Crippen molar-refractivity contribution >= 4 is 17.3 Å². The maximum absolute atomic E-state index is 14.0. The predicted molar refractivity (Wildman–Crippen MR) is 98.6 cm³/mol. The highest BCUT2D eigenvalue weighted by molar-refractivity contribution is 6.33. The third-order valence-corrected chi connectivity index (χ3v) is 6.23. The molecule has 1 saturated carbocycles. The molecule has 0 amide bonds. The van der Waals surface area contributed by atoms with Crippen molar-refractivity contribution in [2.45, 2.75) is 32.4 Å². The molecular formula is C19H20ClF2N3O2. The Morgan fingerprint density at radius 3 is 2.81 bits per heavy atom. The van der Waals surface area contributed by atoms with Crippen molar-refractivity contribution in [2.75, 3.05) is 18.6 Å². The van der Waals surface area contributed by atoms with Gasteiger partial charge in [-0.3, -0.25) is 4.79 Å². The molecule has 0 unspecified atom stereocenters. The first-order valence-corrected chi connectivity index (χ1v) is 9.19. The summed E-state index contributed by atoms with van der Waals surface area (Å²) in [5, 5.41) is 4.03. The highest BCUT2D eigenvalue weighted by Crippen LogP contribution is 2.55. The van der Waals surface area contributed by atoms with Crippen molar-refractivity contribution in [3.8, 4) is 5.69 Å². The van der Waals surface area contributed by atoms with E-state index in [1.54, 1.807) is 0 Å². The summed E-state index contributed by atoms with van der Waals surface area (Å²) >= 11 is 6.35. The molecule has 0 bridgehead atoms. The second-order valence-electron chi connectivity index (χ2n) is 7.78. The molecule has 27 heavy (non-hydrogen) atoms. The van der Waals surface area contributed by atoms with Gasteiger partial charge in [0.2, 0.25) is 0 Å². The number of benzene rings is 1. The standard InChI is InChI=1S/C19H20ClF2N3O2/c1-19(2)16(11-6-7-27-17(11)19)24(3)14-9-23-25(18(26)15(14)20)13-5-4-10(21)8-12(13)22/h4-5,8-9,11,16-17H,6-7H2,1-3H3/t11-,16-,17-/m1/s1. The van der Waals surface area contributed by atoms with E-state index in [1.165, 1.54) is 6.20 Å². The van der Waals surface area contributed by atoms with Crippen LogP contribution < -0.4 is 10.5 Å². The van der Waals surface area contributed by atoms with Crippen LogP contribution in [0.1, 0.15) is 20.3 Å². The number of ether oxygens (including phenoxy) is 1. The van der Waals surface area contributed by atoms with Gasteiger partial charge in [-0.2, -0.15) is 9.78 Å². The Kier molecular flexibility index (Phi) is 4.27. The van der Waals surface area contributed by atoms with Gasteiger partial charge in [0, 0.05) is 37.1 Å². The van der Waals surface area contributed by atoms with Gasteiger partial charge in [-0.1, -0.05) is 25.4 Å². The van der Waals surface area contributed by atoms with Crippen molar-refractivity contribution in [1.82, 2.24) is 9.78 Å². The number of aromatic nitrogens is 2. The van der Waals surface area contributed by atoms with Crippen LogP contribution in [0.3, 0.4) is 0 Å². The molecule has 8 heteroatoms. The van der Waals surface area contributed by atoms with Gasteiger partial charge >= 0.3 is 0 Å². The van der Waals surface area contributed by atoms with Gasteiger partial charge in [0.15, 0.2) is 5.82 Å². The zero-order valence-corrected chi connectivity index (χ0v) is 16.0. The maximum Gasteiger partial charge on any atom is 0.292 e. The fourth-order valence-electron chi connectivity index (χ4n) is 4.73. The Morgan fingerprint density at radius 1 is 1.37 bits per heavy atom. The first-order valence-electron chi connectivity index (χ1n) is 8.81. The molecule has 0 N–H and O–H groups in total. The topological polar surface area (TPSA) is 47.4 Å². The largest absolute Gasteiger partial charge is 0.377 e. The van der Waals surface area contributed by atoms with E-state index in [4.69, 9.17) is 16.3 Å². The predicted octanol–water partition coefficient (Wildman–Crippen LogP) is 3.41. The minimum absolute atomic E-state index is 0.0469. The number of hydrogen-bond acceptors (Lipinski definition) is 4. The zero-order chi connectivity index (χ0) is 19.5. The highest BCUT2D eigenvalue weighted by atomic mass is 35.5. The molecule has 4 rings (SSSR count). The van der Waals surface area contributed by atoms with Crippen LogP contribution >= 0.6 is 11.6 Å². The molecule has 0 radical (unpaired) electrons. The molecule has 2 fully saturated rings. The van der Waals surface area contributed by atoms with Gasteiger partial charge in [-0.15, -0.1) is 0 Å². The highest BCUT2D eigenvalue weighted by Gasteiger charge is 2.61. The number of nitrogens with zero attached hydrogens (tertiary/aromatic N) is 3. The van der Waals surface area contributed by atoms with Gasteiger partial charge in [0.25, 0.3) is 5.56 Å². The summed E-state index contributed by atoms with van der Waals surface area (Å²) in [4.78, 5) is 14.7. The summed E-state index contributed by atoms with van der Waals surface area (Å²) in [5.41, 5.74) is -0.394. The summed E-state index contributed by atoms with van der Waals surface area (Å²) in [7, 11) is 1.88. The van der Waals surface area contributed by atoms with Crippen molar-refractivity contribution < 1.29 is 13.5 Å². The number of rotatable bonds is 3. The lowest BCUT2D eigenvalue weighted by Gasteiger charge is -2.58. The average Bonchev–Trinajstić information content (AvgIpc) is 3.04. The Morgan fingerprint density at radius 2 is 2.11 bits per heavy atom. The van der Waals surface area contributed by atoms with Gasteiger partial charge in [-0.25, -0.2) is 8.78 Å². The Hall–Kier alpha value is -1.99. The molecule has 1 aromatic carbocycles. The normalized spacial score (nSPS) is 25.8. The van der Waals surface area contributed by atoms with Gasteiger partial charge < -0.3 is 9.64 Å². The first kappa shape index (κ1) is 18.4. The maximum atomic E-state index is 14.0. The zero-order valence-electron chi connectivity index (χ0n) is 15.2. The van der Waals surface area contributed by atoms with E-state index in [-0.39, 0.29) is 28.3 Å². The molecule has 1 aromatic heterocycles. The van der Waals surface area contributed by atoms with Crippen LogP contribution in [0.4, 0.5) is 14.5 Å². The lowest BCUT2D eigenvalue weighted by molar-refractivity contribution is -0.101. The Balaban J connectivity index is 1.71. The molecule has 5 nitrogen and oxygen atoms in total. The van der Waals surface area contributed by atoms with Crippen molar-refractivity contribution in [3.05, 3.63) is 51.4 Å². The Labute approximate surface area is 160 Å². The first-order chi connectivity index (χ1) is 12.7. The monoisotopic (exact) mass is 395 g/mol. The Bertz CT molecular complexity index is 962. The number of halogens is 3. The minimum Gasteiger partial charge on any atom is -0.377 e. The summed E-state index contributed by atoms with van der Waals surface area (Å²) < 4.78 is 33.8. The second-order valence-corrected chi connectivity index (χ2v) is 8.16. The third kappa shape index (κ3) is 2.67. The molecule has 2 aliphatic rings. The van der Waals surface area contributed by atoms with Crippen LogP contribution in [0, 0.1) is 23.0 Å². The molecule has 1 aliphatic heterocycles. The van der Waals surface area contributed by atoms with Crippen LogP contribution in [0.15, 0.2) is 29.2 Å². The fraction of sp³-hybridized carbons (Fsp3) is 0.474. The molecule has 3 atom stereocenters. The van der Waals surface area contributed by atoms with E-state index in [0.717, 1.165) is 29.8 Å².